The molecule has 146 valence electrons. The summed E-state index contributed by atoms with van der Waals surface area (Å²) in [4.78, 5) is 0. The highest BCUT2D eigenvalue weighted by atomic mass is 19.4. The van der Waals surface area contributed by atoms with Gasteiger partial charge in [-0.1, -0.05) is 81.3 Å². The van der Waals surface area contributed by atoms with E-state index in [4.69, 9.17) is 0 Å². The van der Waals surface area contributed by atoms with Gasteiger partial charge in [-0.15, -0.1) is 0 Å². The molecule has 0 heterocycles. The molecule has 0 N–H and O–H groups in total. The van der Waals surface area contributed by atoms with Gasteiger partial charge in [-0.3, -0.25) is 0 Å². The predicted molar refractivity (Wildman–Crippen MR) is 110 cm³/mol. The van der Waals surface area contributed by atoms with Gasteiger partial charge in [-0.05, 0) is 58.4 Å². The zero-order valence-electron chi connectivity index (χ0n) is 16.3. The molecule has 0 saturated heterocycles. The molecule has 0 aromatic heterocycles. The minimum absolute atomic E-state index is 0.614. The molecule has 28 heavy (non-hydrogen) atoms. The van der Waals surface area contributed by atoms with Gasteiger partial charge in [0.05, 0.1) is 5.56 Å². The number of alkyl halides is 3. The lowest BCUT2D eigenvalue weighted by molar-refractivity contribution is -0.137. The first-order valence-corrected chi connectivity index (χ1v) is 9.83. The Bertz CT molecular complexity index is 907. The van der Waals surface area contributed by atoms with E-state index in [1.54, 1.807) is 12.1 Å². The molecule has 3 rings (SSSR count). The second kappa shape index (κ2) is 8.64. The molecule has 0 aliphatic rings. The molecule has 0 radical (unpaired) electrons. The third kappa shape index (κ3) is 4.46. The van der Waals surface area contributed by atoms with Gasteiger partial charge in [-0.25, -0.2) is 0 Å². The van der Waals surface area contributed by atoms with Crippen molar-refractivity contribution in [3.8, 4) is 22.3 Å². The van der Waals surface area contributed by atoms with Crippen LogP contribution in [-0.4, -0.2) is 0 Å². The van der Waals surface area contributed by atoms with Crippen molar-refractivity contribution < 1.29 is 13.2 Å². The van der Waals surface area contributed by atoms with E-state index in [9.17, 15) is 13.2 Å². The summed E-state index contributed by atoms with van der Waals surface area (Å²) in [5, 5.41) is 0. The molecule has 0 fully saturated rings. The van der Waals surface area contributed by atoms with Gasteiger partial charge in [0, 0.05) is 0 Å². The van der Waals surface area contributed by atoms with Crippen molar-refractivity contribution in [2.75, 3.05) is 0 Å². The summed E-state index contributed by atoms with van der Waals surface area (Å²) < 4.78 is 39.0. The van der Waals surface area contributed by atoms with Gasteiger partial charge >= 0.3 is 6.18 Å². The van der Waals surface area contributed by atoms with Crippen molar-refractivity contribution in [3.05, 3.63) is 83.4 Å². The lowest BCUT2D eigenvalue weighted by Crippen LogP contribution is -2.04. The Kier molecular flexibility index (Phi) is 6.23. The largest absolute Gasteiger partial charge is 0.416 e. The summed E-state index contributed by atoms with van der Waals surface area (Å²) in [6.07, 6.45) is -0.396. The van der Waals surface area contributed by atoms with E-state index in [0.717, 1.165) is 47.9 Å². The first-order chi connectivity index (χ1) is 13.4. The molecule has 0 atom stereocenters. The van der Waals surface area contributed by atoms with E-state index in [1.807, 2.05) is 18.2 Å². The average Bonchev–Trinajstić information content (AvgIpc) is 2.68. The highest BCUT2D eigenvalue weighted by Crippen LogP contribution is 2.38. The van der Waals surface area contributed by atoms with Crippen molar-refractivity contribution >= 4 is 0 Å². The Hall–Kier alpha value is -2.55. The minimum atomic E-state index is -4.32. The number of halogens is 3. The summed E-state index contributed by atoms with van der Waals surface area (Å²) in [7, 11) is 0. The maximum atomic E-state index is 13.0. The average molecular weight is 382 g/mol. The summed E-state index contributed by atoms with van der Waals surface area (Å²) >= 11 is 0. The van der Waals surface area contributed by atoms with E-state index >= 15 is 0 Å². The van der Waals surface area contributed by atoms with Crippen LogP contribution in [0.25, 0.3) is 22.3 Å². The lowest BCUT2D eigenvalue weighted by Gasteiger charge is -2.19. The maximum Gasteiger partial charge on any atom is 0.416 e. The van der Waals surface area contributed by atoms with Gasteiger partial charge in [0.15, 0.2) is 0 Å². The third-order valence-electron chi connectivity index (χ3n) is 4.92. The quantitative estimate of drug-likeness (QED) is 0.406. The van der Waals surface area contributed by atoms with Crippen molar-refractivity contribution in [2.45, 2.75) is 45.7 Å². The standard InChI is InChI=1S/C25H25F3/c1-3-8-18-16-21(9-4-2)24(23(17-18)19-10-6-5-7-11-19)20-12-14-22(15-13-20)25(26,27)28/h5-7,10-17H,3-4,8-9H2,1-2H3. The maximum absolute atomic E-state index is 13.0. The highest BCUT2D eigenvalue weighted by molar-refractivity contribution is 5.86. The van der Waals surface area contributed by atoms with Crippen LogP contribution in [0, 0.1) is 0 Å². The molecule has 3 heteroatoms. The first kappa shape index (κ1) is 20.2. The summed E-state index contributed by atoms with van der Waals surface area (Å²) in [5.74, 6) is 0. The predicted octanol–water partition coefficient (Wildman–Crippen LogP) is 7.94. The molecule has 0 aliphatic heterocycles. The SMILES string of the molecule is CCCc1cc(CCC)c(-c2ccc(C(F)(F)F)cc2)c(-c2ccccc2)c1. The fourth-order valence-corrected chi connectivity index (χ4v) is 3.68. The summed E-state index contributed by atoms with van der Waals surface area (Å²) in [6, 6.07) is 20.1. The molecular weight excluding hydrogens is 357 g/mol. The van der Waals surface area contributed by atoms with E-state index in [1.165, 1.54) is 23.3 Å². The Morgan fingerprint density at radius 3 is 1.93 bits per heavy atom. The minimum Gasteiger partial charge on any atom is -0.166 e. The van der Waals surface area contributed by atoms with Crippen LogP contribution in [0.1, 0.15) is 43.4 Å². The molecule has 0 aliphatic carbocycles. The van der Waals surface area contributed by atoms with E-state index < -0.39 is 11.7 Å². The van der Waals surface area contributed by atoms with Crippen LogP contribution < -0.4 is 0 Å². The molecule has 0 spiro atoms. The van der Waals surface area contributed by atoms with Gasteiger partial charge in [0.25, 0.3) is 0 Å². The number of hydrogen-bond acceptors (Lipinski definition) is 0. The Morgan fingerprint density at radius 2 is 1.36 bits per heavy atom. The molecule has 0 nitrogen and oxygen atoms in total. The fraction of sp³-hybridized carbons (Fsp3) is 0.280. The van der Waals surface area contributed by atoms with Gasteiger partial charge in [-0.2, -0.15) is 13.2 Å². The topological polar surface area (TPSA) is 0 Å². The van der Waals surface area contributed by atoms with E-state index in [-0.39, 0.29) is 0 Å². The summed E-state index contributed by atoms with van der Waals surface area (Å²) in [6.45, 7) is 4.29. The Labute approximate surface area is 165 Å². The number of benzene rings is 3. The Morgan fingerprint density at radius 1 is 0.714 bits per heavy atom. The molecule has 0 saturated carbocycles. The second-order valence-electron chi connectivity index (χ2n) is 7.12. The molecular formula is C25H25F3. The Balaban J connectivity index is 2.22. The van der Waals surface area contributed by atoms with E-state index in [0.29, 0.717) is 0 Å². The van der Waals surface area contributed by atoms with Crippen LogP contribution >= 0.6 is 0 Å². The van der Waals surface area contributed by atoms with Crippen LogP contribution in [0.5, 0.6) is 0 Å². The normalized spacial score (nSPS) is 11.6. The molecule has 3 aromatic rings. The molecule has 0 bridgehead atoms. The smallest absolute Gasteiger partial charge is 0.166 e. The van der Waals surface area contributed by atoms with Crippen molar-refractivity contribution in [3.63, 3.8) is 0 Å². The first-order valence-electron chi connectivity index (χ1n) is 9.83. The van der Waals surface area contributed by atoms with Crippen molar-refractivity contribution in [1.82, 2.24) is 0 Å². The van der Waals surface area contributed by atoms with E-state index in [2.05, 4.69) is 38.1 Å². The number of rotatable bonds is 6. The second-order valence-corrected chi connectivity index (χ2v) is 7.12. The van der Waals surface area contributed by atoms with Gasteiger partial charge in [0.2, 0.25) is 0 Å². The van der Waals surface area contributed by atoms with Gasteiger partial charge in [0.1, 0.15) is 0 Å². The summed E-state index contributed by atoms with van der Waals surface area (Å²) in [5.41, 5.74) is 5.92. The zero-order valence-corrected chi connectivity index (χ0v) is 16.3. The molecule has 0 amide bonds. The molecule has 0 unspecified atom stereocenters. The van der Waals surface area contributed by atoms with Crippen molar-refractivity contribution in [1.29, 1.82) is 0 Å². The van der Waals surface area contributed by atoms with Crippen LogP contribution in [-0.2, 0) is 19.0 Å². The van der Waals surface area contributed by atoms with Crippen LogP contribution in [0.4, 0.5) is 13.2 Å². The zero-order chi connectivity index (χ0) is 20.1. The lowest BCUT2D eigenvalue weighted by atomic mass is 9.86. The van der Waals surface area contributed by atoms with Crippen LogP contribution in [0.3, 0.4) is 0 Å². The molecule has 3 aromatic carbocycles. The highest BCUT2D eigenvalue weighted by Gasteiger charge is 2.30. The van der Waals surface area contributed by atoms with Gasteiger partial charge < -0.3 is 0 Å². The van der Waals surface area contributed by atoms with Crippen LogP contribution in [0.15, 0.2) is 66.7 Å². The number of hydrogen-bond donors (Lipinski definition) is 0. The number of aryl methyl sites for hydroxylation is 2. The van der Waals surface area contributed by atoms with Crippen LogP contribution in [0.2, 0.25) is 0 Å². The third-order valence-corrected chi connectivity index (χ3v) is 4.92. The van der Waals surface area contributed by atoms with Crippen molar-refractivity contribution in [2.24, 2.45) is 0 Å². The monoisotopic (exact) mass is 382 g/mol. The fourth-order valence-electron chi connectivity index (χ4n) is 3.68.